The van der Waals surface area contributed by atoms with Crippen molar-refractivity contribution in [2.75, 3.05) is 11.1 Å². The van der Waals surface area contributed by atoms with Crippen LogP contribution in [0.1, 0.15) is 13.8 Å². The molecule has 1 aromatic heterocycles. The normalized spacial score (nSPS) is 12.0. The Bertz CT molecular complexity index is 621. The van der Waals surface area contributed by atoms with E-state index in [0.717, 1.165) is 10.1 Å². The third-order valence-electron chi connectivity index (χ3n) is 2.41. The van der Waals surface area contributed by atoms with Crippen molar-refractivity contribution in [2.24, 2.45) is 0 Å². The van der Waals surface area contributed by atoms with Crippen molar-refractivity contribution in [1.82, 2.24) is 10.2 Å². The molecule has 0 aliphatic carbocycles. The molecule has 8 heteroatoms. The van der Waals surface area contributed by atoms with E-state index in [-0.39, 0.29) is 5.91 Å². The van der Waals surface area contributed by atoms with Crippen LogP contribution in [0.15, 0.2) is 28.6 Å². The molecule has 5 nitrogen and oxygen atoms in total. The fraction of sp³-hybridized carbons (Fsp3) is 0.308. The molecule has 1 atom stereocenters. The van der Waals surface area contributed by atoms with Crippen molar-refractivity contribution in [1.29, 1.82) is 0 Å². The molecule has 1 heterocycles. The Morgan fingerprint density at radius 3 is 2.95 bits per heavy atom. The molecule has 1 N–H and O–H groups in total. The molecule has 0 unspecified atom stereocenters. The Morgan fingerprint density at radius 2 is 2.24 bits per heavy atom. The zero-order valence-corrected chi connectivity index (χ0v) is 13.9. The Hall–Kier alpha value is -1.31. The molecule has 2 aromatic rings. The minimum atomic E-state index is -0.684. The Kier molecular flexibility index (Phi) is 5.84. The lowest BCUT2D eigenvalue weighted by molar-refractivity contribution is -0.122. The molecule has 21 heavy (non-hydrogen) atoms. The lowest BCUT2D eigenvalue weighted by atomic mass is 10.3. The molecule has 2 rings (SSSR count). The van der Waals surface area contributed by atoms with Crippen molar-refractivity contribution in [3.05, 3.63) is 29.3 Å². The van der Waals surface area contributed by atoms with Crippen molar-refractivity contribution in [3.63, 3.8) is 0 Å². The van der Waals surface area contributed by atoms with Crippen LogP contribution in [0, 0.1) is 0 Å². The van der Waals surface area contributed by atoms with E-state index in [4.69, 9.17) is 16.3 Å². The number of amides is 1. The van der Waals surface area contributed by atoms with Crippen LogP contribution in [0.25, 0.3) is 0 Å². The monoisotopic (exact) mass is 343 g/mol. The first-order chi connectivity index (χ1) is 10.1. The summed E-state index contributed by atoms with van der Waals surface area (Å²) in [5.74, 6) is 1.09. The number of para-hydroxylation sites is 1. The number of hydrogen-bond acceptors (Lipinski definition) is 6. The van der Waals surface area contributed by atoms with Gasteiger partial charge in [-0.3, -0.25) is 10.1 Å². The molecule has 0 fully saturated rings. The van der Waals surface area contributed by atoms with E-state index in [1.807, 2.05) is 6.92 Å². The average molecular weight is 344 g/mol. The van der Waals surface area contributed by atoms with E-state index in [0.29, 0.717) is 15.9 Å². The quantitative estimate of drug-likeness (QED) is 0.640. The summed E-state index contributed by atoms with van der Waals surface area (Å²) in [6, 6.07) is 7.02. The fourth-order valence-corrected chi connectivity index (χ4v) is 3.27. The number of carbonyl (C=O) groups is 1. The number of hydrogen-bond donors (Lipinski definition) is 1. The average Bonchev–Trinajstić information content (AvgIpc) is 2.89. The number of thioether (sulfide) groups is 1. The molecule has 1 amide bonds. The highest BCUT2D eigenvalue weighted by atomic mass is 35.5. The maximum Gasteiger partial charge on any atom is 0.266 e. The molecule has 0 aliphatic heterocycles. The first kappa shape index (κ1) is 16.1. The van der Waals surface area contributed by atoms with E-state index < -0.39 is 6.10 Å². The maximum absolute atomic E-state index is 12.0. The first-order valence-corrected chi connectivity index (χ1v) is 8.46. The van der Waals surface area contributed by atoms with Gasteiger partial charge in [0.1, 0.15) is 5.75 Å². The van der Waals surface area contributed by atoms with Crippen molar-refractivity contribution in [2.45, 2.75) is 24.3 Å². The van der Waals surface area contributed by atoms with Gasteiger partial charge in [0.2, 0.25) is 5.13 Å². The van der Waals surface area contributed by atoms with Crippen LogP contribution in [-0.2, 0) is 4.79 Å². The summed E-state index contributed by atoms with van der Waals surface area (Å²) in [4.78, 5) is 12.0. The summed E-state index contributed by atoms with van der Waals surface area (Å²) in [5, 5.41) is 11.5. The lowest BCUT2D eigenvalue weighted by Crippen LogP contribution is -2.30. The summed E-state index contributed by atoms with van der Waals surface area (Å²) >= 11 is 8.91. The smallest absolute Gasteiger partial charge is 0.266 e. The number of ether oxygens (including phenoxy) is 1. The van der Waals surface area contributed by atoms with Gasteiger partial charge in [-0.15, -0.1) is 10.2 Å². The van der Waals surface area contributed by atoms with Crippen LogP contribution in [0.3, 0.4) is 0 Å². The van der Waals surface area contributed by atoms with Gasteiger partial charge >= 0.3 is 0 Å². The highest BCUT2D eigenvalue weighted by Gasteiger charge is 2.18. The van der Waals surface area contributed by atoms with Gasteiger partial charge in [-0.2, -0.15) is 0 Å². The molecule has 0 aliphatic rings. The van der Waals surface area contributed by atoms with Crippen LogP contribution in [-0.4, -0.2) is 28.0 Å². The molecule has 0 bridgehead atoms. The highest BCUT2D eigenvalue weighted by Crippen LogP contribution is 2.26. The van der Waals surface area contributed by atoms with E-state index in [1.54, 1.807) is 43.0 Å². The zero-order chi connectivity index (χ0) is 15.2. The standard InChI is InChI=1S/C13H14ClN3O2S2/c1-3-20-13-17-16-12(21-13)15-11(18)8(2)19-10-7-5-4-6-9(10)14/h4-8H,3H2,1-2H3,(H,15,16,18)/t8-/m0/s1. The van der Waals surface area contributed by atoms with Gasteiger partial charge in [0.25, 0.3) is 5.91 Å². The molecule has 112 valence electrons. The van der Waals surface area contributed by atoms with Gasteiger partial charge in [0.15, 0.2) is 10.4 Å². The van der Waals surface area contributed by atoms with Gasteiger partial charge in [-0.1, -0.05) is 53.8 Å². The van der Waals surface area contributed by atoms with Crippen LogP contribution >= 0.6 is 34.7 Å². The molecule has 0 spiro atoms. The topological polar surface area (TPSA) is 64.1 Å². The van der Waals surface area contributed by atoms with Crippen LogP contribution < -0.4 is 10.1 Å². The summed E-state index contributed by atoms with van der Waals surface area (Å²) in [7, 11) is 0. The number of nitrogens with one attached hydrogen (secondary N) is 1. The van der Waals surface area contributed by atoms with Gasteiger partial charge < -0.3 is 4.74 Å². The van der Waals surface area contributed by atoms with Gasteiger partial charge in [0, 0.05) is 0 Å². The van der Waals surface area contributed by atoms with E-state index in [9.17, 15) is 4.79 Å². The lowest BCUT2D eigenvalue weighted by Gasteiger charge is -2.14. The zero-order valence-electron chi connectivity index (χ0n) is 11.5. The maximum atomic E-state index is 12.0. The molecule has 0 radical (unpaired) electrons. The number of nitrogens with zero attached hydrogens (tertiary/aromatic N) is 2. The van der Waals surface area contributed by atoms with E-state index in [2.05, 4.69) is 15.5 Å². The van der Waals surface area contributed by atoms with E-state index in [1.165, 1.54) is 11.3 Å². The predicted octanol–water partition coefficient (Wildman–Crippen LogP) is 3.71. The minimum Gasteiger partial charge on any atom is -0.479 e. The van der Waals surface area contributed by atoms with Crippen molar-refractivity contribution >= 4 is 45.7 Å². The van der Waals surface area contributed by atoms with Crippen molar-refractivity contribution < 1.29 is 9.53 Å². The molecular formula is C13H14ClN3O2S2. The Labute approximate surface area is 136 Å². The van der Waals surface area contributed by atoms with Crippen molar-refractivity contribution in [3.8, 4) is 5.75 Å². The number of halogens is 1. The number of rotatable bonds is 6. The first-order valence-electron chi connectivity index (χ1n) is 6.28. The summed E-state index contributed by atoms with van der Waals surface area (Å²) in [5.41, 5.74) is 0. The molecule has 0 saturated carbocycles. The summed E-state index contributed by atoms with van der Waals surface area (Å²) in [6.45, 7) is 3.69. The second kappa shape index (κ2) is 7.63. The van der Waals surface area contributed by atoms with Gasteiger partial charge in [-0.25, -0.2) is 0 Å². The molecule has 1 aromatic carbocycles. The van der Waals surface area contributed by atoms with E-state index >= 15 is 0 Å². The van der Waals surface area contributed by atoms with Gasteiger partial charge in [-0.05, 0) is 24.8 Å². The SMILES string of the molecule is CCSc1nnc(NC(=O)[C@H](C)Oc2ccccc2Cl)s1. The largest absolute Gasteiger partial charge is 0.479 e. The second-order valence-electron chi connectivity index (χ2n) is 3.99. The minimum absolute atomic E-state index is 0.292. The number of anilines is 1. The Morgan fingerprint density at radius 1 is 1.48 bits per heavy atom. The van der Waals surface area contributed by atoms with Gasteiger partial charge in [0.05, 0.1) is 5.02 Å². The predicted molar refractivity (Wildman–Crippen MR) is 86.5 cm³/mol. The molecular weight excluding hydrogens is 330 g/mol. The number of aromatic nitrogens is 2. The second-order valence-corrected chi connectivity index (χ2v) is 6.88. The molecule has 0 saturated heterocycles. The third-order valence-corrected chi connectivity index (χ3v) is 4.58. The summed E-state index contributed by atoms with van der Waals surface area (Å²) < 4.78 is 6.37. The number of carbonyl (C=O) groups excluding carboxylic acids is 1. The highest BCUT2D eigenvalue weighted by molar-refractivity contribution is 8.01. The number of benzene rings is 1. The summed E-state index contributed by atoms with van der Waals surface area (Å²) in [6.07, 6.45) is -0.684. The fourth-order valence-electron chi connectivity index (χ4n) is 1.43. The van der Waals surface area contributed by atoms with Crippen LogP contribution in [0.2, 0.25) is 5.02 Å². The van der Waals surface area contributed by atoms with Crippen LogP contribution in [0.5, 0.6) is 5.75 Å². The van der Waals surface area contributed by atoms with Crippen LogP contribution in [0.4, 0.5) is 5.13 Å². The Balaban J connectivity index is 1.94. The third kappa shape index (κ3) is 4.59.